The highest BCUT2D eigenvalue weighted by atomic mass is 16.7. The van der Waals surface area contributed by atoms with E-state index in [-0.39, 0.29) is 220 Å². The number of hydrogen-bond donors (Lipinski definition) is 9. The number of hydroxylamine groups is 3. The molecule has 33 heteroatoms. The van der Waals surface area contributed by atoms with Crippen molar-refractivity contribution in [3.8, 4) is 34.5 Å². The summed E-state index contributed by atoms with van der Waals surface area (Å²) in [7, 11) is 4.40. The van der Waals surface area contributed by atoms with Crippen molar-refractivity contribution in [3.05, 3.63) is 79.4 Å². The van der Waals surface area contributed by atoms with Crippen LogP contribution >= 0.6 is 0 Å². The lowest BCUT2D eigenvalue weighted by Gasteiger charge is -2.27. The molecule has 0 fully saturated rings. The molecule has 548 valence electrons. The lowest BCUT2D eigenvalue weighted by molar-refractivity contribution is -0.385. The van der Waals surface area contributed by atoms with Crippen molar-refractivity contribution in [1.82, 2.24) is 47.5 Å². The fourth-order valence-corrected chi connectivity index (χ4v) is 9.38. The standard InChI is InChI=1S/C65H103N13O20/c1-9-45(3)48-17-18-53(54(40-48)90-6)93-37-11-14-63(83)96-72-28-25-70-61(81)21-33-76(34-22-62(82)71-27-30-73-97-64(84)15-12-38-94-57-43-51(77(86)87)49(46(4)10-2)41-55(57)91-7)36-35-75(31-19-59(79)68-24-23-66)32-20-60(80)69-26-29-74-98-65(85)16-13-39-95-58-44-52(78(88)89)50(47(5)67)42-56(58)92-8/h17-18,40-47,72-74H,9-16,19-39,66-67H2,1-8H3,(H,68,79)(H,69,80)(H,70,81)(H,71,82). The van der Waals surface area contributed by atoms with E-state index in [0.717, 1.165) is 12.0 Å². The molecule has 11 N–H and O–H groups in total. The summed E-state index contributed by atoms with van der Waals surface area (Å²) in [6, 6.07) is 10.8. The Balaban J connectivity index is 1.51. The number of methoxy groups -OCH3 is 3. The number of carbonyl (C=O) groups excluding carboxylic acids is 7. The minimum absolute atomic E-state index is 0.00688. The first-order chi connectivity index (χ1) is 47.1. The summed E-state index contributed by atoms with van der Waals surface area (Å²) < 4.78 is 33.5. The Morgan fingerprint density at radius 2 is 0.816 bits per heavy atom. The Kier molecular flexibility index (Phi) is 40.9. The first-order valence-electron chi connectivity index (χ1n) is 33.1. The zero-order valence-corrected chi connectivity index (χ0v) is 57.9. The fourth-order valence-electron chi connectivity index (χ4n) is 9.38. The molecule has 0 aliphatic rings. The highest BCUT2D eigenvalue weighted by molar-refractivity contribution is 5.78. The van der Waals surface area contributed by atoms with Crippen LogP contribution in [0.4, 0.5) is 11.4 Å². The number of amides is 4. The third kappa shape index (κ3) is 33.0. The number of nitro benzene ring substituents is 2. The Morgan fingerprint density at radius 3 is 1.17 bits per heavy atom. The van der Waals surface area contributed by atoms with Crippen molar-refractivity contribution in [1.29, 1.82) is 0 Å². The van der Waals surface area contributed by atoms with E-state index in [1.54, 1.807) is 20.1 Å². The normalized spacial score (nSPS) is 12.0. The van der Waals surface area contributed by atoms with Gasteiger partial charge in [0.15, 0.2) is 34.5 Å². The van der Waals surface area contributed by atoms with Crippen LogP contribution in [0.3, 0.4) is 0 Å². The van der Waals surface area contributed by atoms with Gasteiger partial charge in [-0.3, -0.25) is 53.8 Å². The molecule has 3 aromatic carbocycles. The molecule has 0 aliphatic carbocycles. The van der Waals surface area contributed by atoms with Crippen molar-refractivity contribution in [2.75, 3.05) is 133 Å². The highest BCUT2D eigenvalue weighted by Gasteiger charge is 2.25. The zero-order valence-electron chi connectivity index (χ0n) is 57.9. The zero-order chi connectivity index (χ0) is 72.2. The lowest BCUT2D eigenvalue weighted by Crippen LogP contribution is -2.42. The topological polar surface area (TPSA) is 432 Å². The molecule has 98 heavy (non-hydrogen) atoms. The summed E-state index contributed by atoms with van der Waals surface area (Å²) in [5, 5.41) is 34.5. The summed E-state index contributed by atoms with van der Waals surface area (Å²) in [5.74, 6) is -0.605. The van der Waals surface area contributed by atoms with Gasteiger partial charge in [0.25, 0.3) is 11.4 Å². The molecule has 33 nitrogen and oxygen atoms in total. The molecule has 0 aliphatic heterocycles. The average molecular weight is 1390 g/mol. The third-order valence-electron chi connectivity index (χ3n) is 15.4. The smallest absolute Gasteiger partial charge is 0.324 e. The van der Waals surface area contributed by atoms with Crippen molar-refractivity contribution in [3.63, 3.8) is 0 Å². The molecule has 0 saturated heterocycles. The SMILES string of the molecule is CCC(C)c1ccc(OCCCC(=O)ONCCNC(=O)CCN(CCC(=O)NCCNOC(=O)CCCOc2cc([N+](=O)[O-])c(C(C)CC)cc2OC)CCN(CCC(=O)NCCN)CCC(=O)NCCNOC(=O)CCCOc2cc([N+](=O)[O-])c(C(C)N)cc2OC)c(OC)c1. The maximum absolute atomic E-state index is 13.2. The van der Waals surface area contributed by atoms with E-state index >= 15 is 0 Å². The van der Waals surface area contributed by atoms with Gasteiger partial charge in [-0.1, -0.05) is 33.8 Å². The van der Waals surface area contributed by atoms with Crippen molar-refractivity contribution >= 4 is 52.9 Å². The van der Waals surface area contributed by atoms with Crippen molar-refractivity contribution in [2.24, 2.45) is 11.5 Å². The van der Waals surface area contributed by atoms with Crippen LogP contribution in [-0.2, 0) is 48.1 Å². The maximum atomic E-state index is 13.2. The van der Waals surface area contributed by atoms with Gasteiger partial charge in [-0.15, -0.1) is 0 Å². The molecule has 3 atom stereocenters. The number of nitrogens with one attached hydrogen (secondary N) is 7. The Hall–Kier alpha value is -8.73. The predicted octanol–water partition coefficient (Wildman–Crippen LogP) is 4.18. The minimum Gasteiger partial charge on any atom is -0.493 e. The van der Waals surface area contributed by atoms with Gasteiger partial charge in [0, 0.05) is 129 Å². The number of hydrogen-bond acceptors (Lipinski definition) is 27. The predicted molar refractivity (Wildman–Crippen MR) is 361 cm³/mol. The number of nitrogens with two attached hydrogens (primary N) is 2. The molecule has 3 rings (SSSR count). The van der Waals surface area contributed by atoms with Crippen molar-refractivity contribution in [2.45, 2.75) is 130 Å². The van der Waals surface area contributed by atoms with E-state index in [1.807, 2.05) is 41.8 Å². The van der Waals surface area contributed by atoms with Gasteiger partial charge in [0.2, 0.25) is 23.6 Å². The van der Waals surface area contributed by atoms with Gasteiger partial charge < -0.3 is 85.5 Å². The lowest BCUT2D eigenvalue weighted by atomic mass is 9.96. The van der Waals surface area contributed by atoms with Crippen LogP contribution in [0.25, 0.3) is 0 Å². The fraction of sp³-hybridized carbons (Fsp3) is 0.615. The number of rotatable bonds is 54. The molecule has 4 amide bonds. The molecule has 0 bridgehead atoms. The second-order valence-corrected chi connectivity index (χ2v) is 22.8. The summed E-state index contributed by atoms with van der Waals surface area (Å²) in [6.07, 6.45) is 2.58. The van der Waals surface area contributed by atoms with E-state index in [9.17, 15) is 53.8 Å². The molecule has 0 heterocycles. The van der Waals surface area contributed by atoms with E-state index in [0.29, 0.717) is 54.7 Å². The first-order valence-corrected chi connectivity index (χ1v) is 33.1. The summed E-state index contributed by atoms with van der Waals surface area (Å²) in [6.45, 7) is 12.6. The quantitative estimate of drug-likeness (QED) is 0.0166. The number of nitro groups is 2. The summed E-state index contributed by atoms with van der Waals surface area (Å²) in [5.41, 5.74) is 20.8. The van der Waals surface area contributed by atoms with E-state index in [4.69, 9.17) is 54.4 Å². The van der Waals surface area contributed by atoms with Crippen LogP contribution in [0, 0.1) is 20.2 Å². The van der Waals surface area contributed by atoms with Gasteiger partial charge in [0.05, 0.1) is 88.0 Å². The summed E-state index contributed by atoms with van der Waals surface area (Å²) in [4.78, 5) is 131. The molecule has 3 aromatic rings. The average Bonchev–Trinajstić information content (AvgIpc) is 0.834. The first kappa shape index (κ1) is 83.5. The highest BCUT2D eigenvalue weighted by Crippen LogP contribution is 2.40. The number of ether oxygens (including phenoxy) is 6. The van der Waals surface area contributed by atoms with E-state index in [1.165, 1.54) is 32.4 Å². The monoisotopic (exact) mass is 1390 g/mol. The Bertz CT molecular complexity index is 2980. The van der Waals surface area contributed by atoms with Crippen LogP contribution in [0.1, 0.15) is 146 Å². The van der Waals surface area contributed by atoms with E-state index < -0.39 is 33.8 Å². The second-order valence-electron chi connectivity index (χ2n) is 22.8. The molecular weight excluding hydrogens is 1280 g/mol. The van der Waals surface area contributed by atoms with Gasteiger partial charge >= 0.3 is 17.9 Å². The molecule has 0 aromatic heterocycles. The molecule has 0 radical (unpaired) electrons. The Morgan fingerprint density at radius 1 is 0.459 bits per heavy atom. The largest absolute Gasteiger partial charge is 0.493 e. The van der Waals surface area contributed by atoms with Gasteiger partial charge in [-0.2, -0.15) is 16.4 Å². The third-order valence-corrected chi connectivity index (χ3v) is 15.4. The van der Waals surface area contributed by atoms with E-state index in [2.05, 4.69) is 51.6 Å². The number of benzene rings is 3. The van der Waals surface area contributed by atoms with Crippen molar-refractivity contribution < 1.29 is 86.3 Å². The summed E-state index contributed by atoms with van der Waals surface area (Å²) >= 11 is 0. The Labute approximate surface area is 572 Å². The van der Waals surface area contributed by atoms with Crippen LogP contribution in [0.5, 0.6) is 34.5 Å². The van der Waals surface area contributed by atoms with Gasteiger partial charge in [-0.25, -0.2) is 0 Å². The number of carbonyl (C=O) groups is 7. The molecule has 0 saturated carbocycles. The number of nitrogens with zero attached hydrogens (tertiary/aromatic N) is 4. The second kappa shape index (κ2) is 48.1. The maximum Gasteiger partial charge on any atom is 0.324 e. The van der Waals surface area contributed by atoms with Crippen LogP contribution < -0.4 is 77.6 Å². The molecular formula is C65H103N13O20. The van der Waals surface area contributed by atoms with Gasteiger partial charge in [-0.05, 0) is 80.7 Å². The minimum atomic E-state index is -0.631. The molecule has 3 unspecified atom stereocenters. The van der Waals surface area contributed by atoms with Crippen LogP contribution in [-0.4, -0.2) is 194 Å². The molecule has 0 spiro atoms. The van der Waals surface area contributed by atoms with Gasteiger partial charge in [0.1, 0.15) is 0 Å². The van der Waals surface area contributed by atoms with Crippen LogP contribution in [0.2, 0.25) is 0 Å². The van der Waals surface area contributed by atoms with Crippen LogP contribution in [0.15, 0.2) is 42.5 Å².